The van der Waals surface area contributed by atoms with Gasteiger partial charge in [0.05, 0.1) is 0 Å². The smallest absolute Gasteiger partial charge is 0.151 e. The van der Waals surface area contributed by atoms with Gasteiger partial charge in [0.1, 0.15) is 0 Å². The molecule has 0 bridgehead atoms. The average molecular weight is 176 g/mol. The van der Waals surface area contributed by atoms with Crippen molar-refractivity contribution < 1.29 is 0 Å². The highest BCUT2D eigenvalue weighted by atomic mass is 14.8. The minimum Gasteiger partial charge on any atom is -0.237 e. The third-order valence-corrected chi connectivity index (χ3v) is 1.83. The SMILES string of the molecule is CCCCCC=Cc1ncccn1. The van der Waals surface area contributed by atoms with Crippen molar-refractivity contribution in [2.75, 3.05) is 0 Å². The van der Waals surface area contributed by atoms with Gasteiger partial charge in [0.15, 0.2) is 5.82 Å². The summed E-state index contributed by atoms with van der Waals surface area (Å²) in [5.74, 6) is 0.805. The second-order valence-electron chi connectivity index (χ2n) is 3.01. The van der Waals surface area contributed by atoms with E-state index in [1.807, 2.05) is 12.1 Å². The molecule has 1 aromatic rings. The summed E-state index contributed by atoms with van der Waals surface area (Å²) in [6.07, 6.45) is 12.6. The second kappa shape index (κ2) is 6.35. The fourth-order valence-corrected chi connectivity index (χ4v) is 1.10. The largest absolute Gasteiger partial charge is 0.237 e. The quantitative estimate of drug-likeness (QED) is 0.644. The minimum atomic E-state index is 0.805. The van der Waals surface area contributed by atoms with Crippen molar-refractivity contribution in [1.29, 1.82) is 0 Å². The number of hydrogen-bond donors (Lipinski definition) is 0. The molecule has 2 nitrogen and oxygen atoms in total. The van der Waals surface area contributed by atoms with E-state index in [0.29, 0.717) is 0 Å². The molecule has 0 amide bonds. The van der Waals surface area contributed by atoms with Crippen LogP contribution in [-0.2, 0) is 0 Å². The summed E-state index contributed by atoms with van der Waals surface area (Å²) in [7, 11) is 0. The predicted octanol–water partition coefficient (Wildman–Crippen LogP) is 3.07. The molecule has 0 N–H and O–H groups in total. The number of allylic oxidation sites excluding steroid dienone is 1. The Morgan fingerprint density at radius 2 is 2.00 bits per heavy atom. The maximum atomic E-state index is 4.10. The van der Waals surface area contributed by atoms with Crippen molar-refractivity contribution in [3.8, 4) is 0 Å². The summed E-state index contributed by atoms with van der Waals surface area (Å²) in [4.78, 5) is 8.20. The van der Waals surface area contributed by atoms with Crippen LogP contribution in [-0.4, -0.2) is 9.97 Å². The first-order chi connectivity index (χ1) is 6.43. The maximum absolute atomic E-state index is 4.10. The Kier molecular flexibility index (Phi) is 4.84. The van der Waals surface area contributed by atoms with Gasteiger partial charge < -0.3 is 0 Å². The van der Waals surface area contributed by atoms with Gasteiger partial charge >= 0.3 is 0 Å². The molecule has 0 aromatic carbocycles. The van der Waals surface area contributed by atoms with E-state index in [9.17, 15) is 0 Å². The highest BCUT2D eigenvalue weighted by molar-refractivity contribution is 5.38. The molecule has 0 spiro atoms. The zero-order valence-corrected chi connectivity index (χ0v) is 8.11. The average Bonchev–Trinajstić information content (AvgIpc) is 2.19. The van der Waals surface area contributed by atoms with Gasteiger partial charge in [-0.3, -0.25) is 0 Å². The van der Waals surface area contributed by atoms with Crippen LogP contribution in [0.15, 0.2) is 24.5 Å². The van der Waals surface area contributed by atoms with Crippen LogP contribution >= 0.6 is 0 Å². The van der Waals surface area contributed by atoms with E-state index >= 15 is 0 Å². The van der Waals surface area contributed by atoms with E-state index in [0.717, 1.165) is 12.2 Å². The Hall–Kier alpha value is -1.18. The summed E-state index contributed by atoms with van der Waals surface area (Å²) in [5.41, 5.74) is 0. The van der Waals surface area contributed by atoms with Crippen LogP contribution in [0.5, 0.6) is 0 Å². The molecule has 0 radical (unpaired) electrons. The molecule has 1 rings (SSSR count). The lowest BCUT2D eigenvalue weighted by Gasteiger charge is -1.91. The monoisotopic (exact) mass is 176 g/mol. The van der Waals surface area contributed by atoms with Gasteiger partial charge in [-0.2, -0.15) is 0 Å². The highest BCUT2D eigenvalue weighted by Crippen LogP contribution is 2.01. The summed E-state index contributed by atoms with van der Waals surface area (Å²) in [5, 5.41) is 0. The predicted molar refractivity (Wildman–Crippen MR) is 55.2 cm³/mol. The van der Waals surface area contributed by atoms with Crippen molar-refractivity contribution in [3.05, 3.63) is 30.4 Å². The van der Waals surface area contributed by atoms with E-state index in [-0.39, 0.29) is 0 Å². The highest BCUT2D eigenvalue weighted by Gasteiger charge is 1.85. The van der Waals surface area contributed by atoms with E-state index in [1.54, 1.807) is 12.4 Å². The molecule has 0 aliphatic heterocycles. The van der Waals surface area contributed by atoms with Gasteiger partial charge in [-0.15, -0.1) is 0 Å². The van der Waals surface area contributed by atoms with Gasteiger partial charge in [-0.05, 0) is 25.0 Å². The number of unbranched alkanes of at least 4 members (excludes halogenated alkanes) is 3. The molecule has 1 aromatic heterocycles. The molecule has 13 heavy (non-hydrogen) atoms. The van der Waals surface area contributed by atoms with Crippen LogP contribution in [0.25, 0.3) is 6.08 Å². The molecule has 0 aliphatic carbocycles. The fraction of sp³-hybridized carbons (Fsp3) is 0.455. The van der Waals surface area contributed by atoms with Crippen LogP contribution in [0.2, 0.25) is 0 Å². The van der Waals surface area contributed by atoms with Gasteiger partial charge in [-0.1, -0.05) is 25.8 Å². The lowest BCUT2D eigenvalue weighted by atomic mass is 10.2. The molecule has 0 saturated heterocycles. The lowest BCUT2D eigenvalue weighted by Crippen LogP contribution is -1.82. The maximum Gasteiger partial charge on any atom is 0.151 e. The topological polar surface area (TPSA) is 25.8 Å². The Bertz CT molecular complexity index is 242. The molecular weight excluding hydrogens is 160 g/mol. The lowest BCUT2D eigenvalue weighted by molar-refractivity contribution is 0.730. The summed E-state index contributed by atoms with van der Waals surface area (Å²) < 4.78 is 0. The molecule has 0 unspecified atom stereocenters. The molecule has 0 saturated carbocycles. The van der Waals surface area contributed by atoms with Crippen molar-refractivity contribution in [2.24, 2.45) is 0 Å². The molecule has 0 aliphatic rings. The molecule has 70 valence electrons. The molecular formula is C11H16N2. The third-order valence-electron chi connectivity index (χ3n) is 1.83. The van der Waals surface area contributed by atoms with Crippen molar-refractivity contribution in [1.82, 2.24) is 9.97 Å². The fourth-order valence-electron chi connectivity index (χ4n) is 1.10. The van der Waals surface area contributed by atoms with Crippen LogP contribution in [0, 0.1) is 0 Å². The Labute approximate surface area is 79.7 Å². The van der Waals surface area contributed by atoms with Crippen molar-refractivity contribution >= 4 is 6.08 Å². The summed E-state index contributed by atoms with van der Waals surface area (Å²) >= 11 is 0. The number of nitrogens with zero attached hydrogens (tertiary/aromatic N) is 2. The van der Waals surface area contributed by atoms with Crippen molar-refractivity contribution in [2.45, 2.75) is 32.6 Å². The first kappa shape index (κ1) is 9.90. The van der Waals surface area contributed by atoms with Crippen LogP contribution < -0.4 is 0 Å². The van der Waals surface area contributed by atoms with Gasteiger partial charge in [0, 0.05) is 12.4 Å². The molecule has 1 heterocycles. The first-order valence-electron chi connectivity index (χ1n) is 4.87. The zero-order chi connectivity index (χ0) is 9.36. The Morgan fingerprint density at radius 1 is 1.23 bits per heavy atom. The summed E-state index contributed by atoms with van der Waals surface area (Å²) in [6, 6.07) is 1.83. The molecule has 0 fully saturated rings. The van der Waals surface area contributed by atoms with E-state index in [1.165, 1.54) is 19.3 Å². The summed E-state index contributed by atoms with van der Waals surface area (Å²) in [6.45, 7) is 2.21. The van der Waals surface area contributed by atoms with E-state index in [2.05, 4.69) is 23.0 Å². The van der Waals surface area contributed by atoms with E-state index < -0.39 is 0 Å². The number of rotatable bonds is 5. The first-order valence-corrected chi connectivity index (χ1v) is 4.87. The van der Waals surface area contributed by atoms with Gasteiger partial charge in [-0.25, -0.2) is 9.97 Å². The normalized spacial score (nSPS) is 10.8. The Morgan fingerprint density at radius 3 is 2.69 bits per heavy atom. The molecule has 0 atom stereocenters. The van der Waals surface area contributed by atoms with Crippen molar-refractivity contribution in [3.63, 3.8) is 0 Å². The standard InChI is InChI=1S/C11H16N2/c1-2-3-4-5-6-8-11-12-9-7-10-13-11/h6-10H,2-5H2,1H3. The number of aromatic nitrogens is 2. The van der Waals surface area contributed by atoms with Gasteiger partial charge in [0.2, 0.25) is 0 Å². The van der Waals surface area contributed by atoms with Crippen LogP contribution in [0.3, 0.4) is 0 Å². The van der Waals surface area contributed by atoms with Gasteiger partial charge in [0.25, 0.3) is 0 Å². The number of hydrogen-bond acceptors (Lipinski definition) is 2. The Balaban J connectivity index is 2.25. The molecule has 2 heteroatoms. The van der Waals surface area contributed by atoms with E-state index in [4.69, 9.17) is 0 Å². The minimum absolute atomic E-state index is 0.805. The third kappa shape index (κ3) is 4.41. The van der Waals surface area contributed by atoms with Crippen LogP contribution in [0.4, 0.5) is 0 Å². The zero-order valence-electron chi connectivity index (χ0n) is 8.11. The second-order valence-corrected chi connectivity index (χ2v) is 3.01. The van der Waals surface area contributed by atoms with Crippen LogP contribution in [0.1, 0.15) is 38.4 Å².